The number of nitrogens with zero attached hydrogens (tertiary/aromatic N) is 2. The molecule has 6 heteroatoms. The molecule has 0 amide bonds. The van der Waals surface area contributed by atoms with Crippen molar-refractivity contribution in [1.82, 2.24) is 9.55 Å². The number of ether oxygens (including phenoxy) is 1. The minimum absolute atomic E-state index is 0. The molecule has 1 aliphatic rings. The van der Waals surface area contributed by atoms with E-state index in [-0.39, 0.29) is 57.9 Å². The number of hydrogen-bond acceptors (Lipinski definition) is 4. The third-order valence-electron chi connectivity index (χ3n) is 2.48. The van der Waals surface area contributed by atoms with Crippen molar-refractivity contribution in [2.75, 3.05) is 0 Å². The Hall–Kier alpha value is -0.404. The van der Waals surface area contributed by atoms with E-state index < -0.39 is 12.1 Å². The molecule has 2 aromatic rings. The number of para-hydroxylation sites is 2. The molecule has 1 atom stereocenters. The molecule has 0 N–H and O–H groups in total. The SMILES string of the molecule is O=C([O-])C1Cn2c(nc3ccccc32)O1.[K+]. The van der Waals surface area contributed by atoms with E-state index in [1.165, 1.54) is 0 Å². The van der Waals surface area contributed by atoms with Crippen molar-refractivity contribution in [2.45, 2.75) is 12.6 Å². The normalized spacial score (nSPS) is 17.6. The van der Waals surface area contributed by atoms with Crippen LogP contribution in [0.15, 0.2) is 24.3 Å². The Morgan fingerprint density at radius 1 is 1.50 bits per heavy atom. The first-order valence-electron chi connectivity index (χ1n) is 4.58. The molecule has 2 heterocycles. The van der Waals surface area contributed by atoms with Gasteiger partial charge in [0.1, 0.15) is 0 Å². The van der Waals surface area contributed by atoms with Gasteiger partial charge in [-0.05, 0) is 12.1 Å². The first-order valence-corrected chi connectivity index (χ1v) is 4.58. The summed E-state index contributed by atoms with van der Waals surface area (Å²) in [6.07, 6.45) is -0.919. The van der Waals surface area contributed by atoms with Gasteiger partial charge in [-0.15, -0.1) is 0 Å². The summed E-state index contributed by atoms with van der Waals surface area (Å²) in [6, 6.07) is 7.85. The molecule has 5 nitrogen and oxygen atoms in total. The molecule has 3 rings (SSSR count). The number of aromatic nitrogens is 2. The van der Waals surface area contributed by atoms with Gasteiger partial charge < -0.3 is 14.6 Å². The maximum Gasteiger partial charge on any atom is 1.00 e. The molecular weight excluding hydrogens is 235 g/mol. The maximum atomic E-state index is 10.6. The molecule has 1 aromatic heterocycles. The molecule has 0 saturated carbocycles. The van der Waals surface area contributed by atoms with E-state index in [1.807, 2.05) is 24.3 Å². The van der Waals surface area contributed by atoms with Crippen LogP contribution >= 0.6 is 0 Å². The number of carboxylic acids is 1. The van der Waals surface area contributed by atoms with Gasteiger partial charge in [-0.3, -0.25) is 4.57 Å². The van der Waals surface area contributed by atoms with Gasteiger partial charge in [0, 0.05) is 0 Å². The second-order valence-corrected chi connectivity index (χ2v) is 3.42. The van der Waals surface area contributed by atoms with E-state index in [0.29, 0.717) is 6.01 Å². The molecule has 0 saturated heterocycles. The zero-order valence-electron chi connectivity index (χ0n) is 8.71. The van der Waals surface area contributed by atoms with E-state index in [0.717, 1.165) is 11.0 Å². The minimum atomic E-state index is -1.20. The van der Waals surface area contributed by atoms with Gasteiger partial charge in [-0.25, -0.2) is 0 Å². The van der Waals surface area contributed by atoms with Crippen molar-refractivity contribution in [2.24, 2.45) is 0 Å². The Labute approximate surface area is 134 Å². The molecule has 0 aliphatic carbocycles. The van der Waals surface area contributed by atoms with Gasteiger partial charge in [0.25, 0.3) is 6.01 Å². The summed E-state index contributed by atoms with van der Waals surface area (Å²) in [4.78, 5) is 14.8. The van der Waals surface area contributed by atoms with E-state index in [9.17, 15) is 9.90 Å². The number of benzene rings is 1. The quantitative estimate of drug-likeness (QED) is 0.488. The molecule has 16 heavy (non-hydrogen) atoms. The van der Waals surface area contributed by atoms with Gasteiger partial charge in [0.05, 0.1) is 23.5 Å². The smallest absolute Gasteiger partial charge is 0.546 e. The third kappa shape index (κ3) is 1.80. The van der Waals surface area contributed by atoms with Crippen molar-refractivity contribution < 1.29 is 66.0 Å². The molecular formula is C10H7KN2O3. The standard InChI is InChI=1S/C10H8N2O3.K/c13-9(14)8-5-12-7-4-2-1-3-6(7)11-10(12)15-8;/h1-4,8H,5H2,(H,13,14);/q;+1/p-1. The van der Waals surface area contributed by atoms with Gasteiger partial charge in [0.2, 0.25) is 0 Å². The fraction of sp³-hybridized carbons (Fsp3) is 0.200. The van der Waals surface area contributed by atoms with Crippen LogP contribution in [0.5, 0.6) is 6.01 Å². The van der Waals surface area contributed by atoms with Crippen LogP contribution in [0.25, 0.3) is 11.0 Å². The predicted octanol–water partition coefficient (Wildman–Crippen LogP) is -3.45. The van der Waals surface area contributed by atoms with Crippen LogP contribution in [0, 0.1) is 0 Å². The molecule has 0 bridgehead atoms. The average Bonchev–Trinajstić information content (AvgIpc) is 2.73. The Kier molecular flexibility index (Phi) is 3.36. The van der Waals surface area contributed by atoms with Crippen LogP contribution in [0.4, 0.5) is 0 Å². The summed E-state index contributed by atoms with van der Waals surface area (Å²) in [5.74, 6) is -1.20. The number of carbonyl (C=O) groups excluding carboxylic acids is 1. The molecule has 1 aromatic carbocycles. The van der Waals surface area contributed by atoms with Gasteiger partial charge in [0.15, 0.2) is 6.10 Å². The first-order chi connectivity index (χ1) is 7.25. The summed E-state index contributed by atoms with van der Waals surface area (Å²) in [5, 5.41) is 10.6. The third-order valence-corrected chi connectivity index (χ3v) is 2.48. The van der Waals surface area contributed by atoms with Crippen molar-refractivity contribution >= 4 is 17.0 Å². The Balaban J connectivity index is 0.000000963. The number of fused-ring (bicyclic) bond motifs is 3. The summed E-state index contributed by atoms with van der Waals surface area (Å²) in [5.41, 5.74) is 1.69. The fourth-order valence-corrected chi connectivity index (χ4v) is 1.77. The van der Waals surface area contributed by atoms with E-state index in [2.05, 4.69) is 4.98 Å². The van der Waals surface area contributed by atoms with Gasteiger partial charge in [-0.2, -0.15) is 4.98 Å². The van der Waals surface area contributed by atoms with Crippen molar-refractivity contribution in [1.29, 1.82) is 0 Å². The number of aliphatic carboxylic acids is 1. The van der Waals surface area contributed by atoms with E-state index in [1.54, 1.807) is 4.57 Å². The number of carbonyl (C=O) groups is 1. The second kappa shape index (κ2) is 4.46. The summed E-state index contributed by atoms with van der Waals surface area (Å²) >= 11 is 0. The van der Waals surface area contributed by atoms with Crippen LogP contribution < -0.4 is 61.2 Å². The van der Waals surface area contributed by atoms with Gasteiger partial charge in [-0.1, -0.05) is 12.1 Å². The van der Waals surface area contributed by atoms with Crippen LogP contribution in [0.1, 0.15) is 0 Å². The summed E-state index contributed by atoms with van der Waals surface area (Å²) in [6.45, 7) is 0.262. The summed E-state index contributed by atoms with van der Waals surface area (Å²) < 4.78 is 6.89. The fourth-order valence-electron chi connectivity index (χ4n) is 1.77. The first kappa shape index (κ1) is 12.1. The predicted molar refractivity (Wildman–Crippen MR) is 49.2 cm³/mol. The zero-order chi connectivity index (χ0) is 10.4. The topological polar surface area (TPSA) is 67.2 Å². The minimum Gasteiger partial charge on any atom is -0.546 e. The van der Waals surface area contributed by atoms with Crippen LogP contribution in [-0.4, -0.2) is 21.6 Å². The van der Waals surface area contributed by atoms with Crippen molar-refractivity contribution in [3.05, 3.63) is 24.3 Å². The number of carboxylic acid groups (broad SMARTS) is 1. The monoisotopic (exact) mass is 242 g/mol. The van der Waals surface area contributed by atoms with Crippen molar-refractivity contribution in [3.8, 4) is 6.01 Å². The molecule has 0 fully saturated rings. The van der Waals surface area contributed by atoms with Crippen LogP contribution in [0.3, 0.4) is 0 Å². The molecule has 0 radical (unpaired) electrons. The Morgan fingerprint density at radius 3 is 3.00 bits per heavy atom. The maximum absolute atomic E-state index is 10.6. The van der Waals surface area contributed by atoms with Gasteiger partial charge >= 0.3 is 51.4 Å². The Morgan fingerprint density at radius 2 is 2.25 bits per heavy atom. The Bertz CT molecular complexity index is 552. The zero-order valence-corrected chi connectivity index (χ0v) is 11.8. The largest absolute Gasteiger partial charge is 1.00 e. The van der Waals surface area contributed by atoms with Crippen LogP contribution in [-0.2, 0) is 11.3 Å². The van der Waals surface area contributed by atoms with Crippen molar-refractivity contribution in [3.63, 3.8) is 0 Å². The van der Waals surface area contributed by atoms with E-state index in [4.69, 9.17) is 4.74 Å². The van der Waals surface area contributed by atoms with E-state index >= 15 is 0 Å². The van der Waals surface area contributed by atoms with Crippen LogP contribution in [0.2, 0.25) is 0 Å². The summed E-state index contributed by atoms with van der Waals surface area (Å²) in [7, 11) is 0. The molecule has 0 spiro atoms. The second-order valence-electron chi connectivity index (χ2n) is 3.42. The molecule has 1 unspecified atom stereocenters. The number of hydrogen-bond donors (Lipinski definition) is 0. The average molecular weight is 242 g/mol. The molecule has 1 aliphatic heterocycles. The number of rotatable bonds is 1. The number of imidazole rings is 1. The molecule has 76 valence electrons.